The second-order valence-corrected chi connectivity index (χ2v) is 7.03. The van der Waals surface area contributed by atoms with Gasteiger partial charge in [0.15, 0.2) is 0 Å². The van der Waals surface area contributed by atoms with Crippen LogP contribution in [0.4, 0.5) is 23.0 Å². The van der Waals surface area contributed by atoms with Crippen molar-refractivity contribution in [3.63, 3.8) is 0 Å². The summed E-state index contributed by atoms with van der Waals surface area (Å²) in [7, 11) is 0. The van der Waals surface area contributed by atoms with Crippen LogP contribution in [0, 0.1) is 6.92 Å². The molecule has 1 fully saturated rings. The van der Waals surface area contributed by atoms with E-state index >= 15 is 0 Å². The van der Waals surface area contributed by atoms with Gasteiger partial charge in [-0.2, -0.15) is 0 Å². The first-order chi connectivity index (χ1) is 14.7. The van der Waals surface area contributed by atoms with E-state index in [9.17, 15) is 4.79 Å². The molecule has 1 aliphatic heterocycles. The van der Waals surface area contributed by atoms with Gasteiger partial charge in [-0.3, -0.25) is 19.6 Å². The van der Waals surface area contributed by atoms with Gasteiger partial charge >= 0.3 is 0 Å². The maximum atomic E-state index is 12.5. The minimum atomic E-state index is -0.0457. The molecule has 30 heavy (non-hydrogen) atoms. The molecule has 3 heterocycles. The molecular formula is C22H24N6O2. The lowest BCUT2D eigenvalue weighted by Gasteiger charge is -2.26. The number of pyridine rings is 1. The van der Waals surface area contributed by atoms with Gasteiger partial charge in [0.1, 0.15) is 0 Å². The Balaban J connectivity index is 1.61. The Morgan fingerprint density at radius 2 is 1.93 bits per heavy atom. The molecule has 1 amide bonds. The number of nitrogens with zero attached hydrogens (tertiary/aromatic N) is 5. The lowest BCUT2D eigenvalue weighted by atomic mass is 10.1. The SMILES string of the molecule is Cc1ccc(NC(=O)CN2CCOCC2)cc1N(c1cccnc1)c1ncccn1. The first-order valence-electron chi connectivity index (χ1n) is 9.88. The van der Waals surface area contributed by atoms with Gasteiger partial charge in [0, 0.05) is 37.4 Å². The molecular weight excluding hydrogens is 380 g/mol. The number of carbonyl (C=O) groups is 1. The standard InChI is InChI=1S/C22H24N6O2/c1-17-5-6-18(26-21(29)16-27-10-12-30-13-11-27)14-20(17)28(19-4-2-7-23-15-19)22-24-8-3-9-25-22/h2-9,14-15H,10-13,16H2,1H3,(H,26,29). The number of benzene rings is 1. The van der Waals surface area contributed by atoms with Crippen LogP contribution in [0.3, 0.4) is 0 Å². The summed E-state index contributed by atoms with van der Waals surface area (Å²) in [5, 5.41) is 3.01. The molecule has 2 aromatic heterocycles. The van der Waals surface area contributed by atoms with Crippen molar-refractivity contribution in [1.82, 2.24) is 19.9 Å². The Hall–Kier alpha value is -3.36. The predicted octanol–water partition coefficient (Wildman–Crippen LogP) is 2.92. The molecule has 1 aromatic carbocycles. The van der Waals surface area contributed by atoms with E-state index in [1.165, 1.54) is 0 Å². The Kier molecular flexibility index (Phi) is 6.26. The summed E-state index contributed by atoms with van der Waals surface area (Å²) in [4.78, 5) is 29.6. The number of anilines is 4. The van der Waals surface area contributed by atoms with Gasteiger partial charge in [-0.25, -0.2) is 9.97 Å². The molecule has 0 atom stereocenters. The zero-order valence-electron chi connectivity index (χ0n) is 16.9. The van der Waals surface area contributed by atoms with E-state index in [1.54, 1.807) is 30.9 Å². The van der Waals surface area contributed by atoms with E-state index < -0.39 is 0 Å². The molecule has 0 radical (unpaired) electrons. The van der Waals surface area contributed by atoms with E-state index in [1.807, 2.05) is 42.2 Å². The van der Waals surface area contributed by atoms with Gasteiger partial charge in [0.2, 0.25) is 11.9 Å². The number of aryl methyl sites for hydroxylation is 1. The number of rotatable bonds is 6. The lowest BCUT2D eigenvalue weighted by Crippen LogP contribution is -2.41. The van der Waals surface area contributed by atoms with Crippen molar-refractivity contribution < 1.29 is 9.53 Å². The van der Waals surface area contributed by atoms with E-state index in [2.05, 4.69) is 25.2 Å². The van der Waals surface area contributed by atoms with Crippen molar-refractivity contribution in [3.8, 4) is 0 Å². The van der Waals surface area contributed by atoms with E-state index in [-0.39, 0.29) is 5.91 Å². The first-order valence-corrected chi connectivity index (χ1v) is 9.88. The molecule has 0 saturated carbocycles. The fraction of sp³-hybridized carbons (Fsp3) is 0.273. The number of hydrogen-bond donors (Lipinski definition) is 1. The fourth-order valence-electron chi connectivity index (χ4n) is 3.35. The van der Waals surface area contributed by atoms with Crippen LogP contribution in [0.25, 0.3) is 0 Å². The average molecular weight is 404 g/mol. The largest absolute Gasteiger partial charge is 0.379 e. The zero-order valence-corrected chi connectivity index (χ0v) is 16.9. The van der Waals surface area contributed by atoms with Gasteiger partial charge < -0.3 is 10.1 Å². The van der Waals surface area contributed by atoms with E-state index in [0.717, 1.165) is 35.7 Å². The Morgan fingerprint density at radius 1 is 1.13 bits per heavy atom. The number of carbonyl (C=O) groups excluding carboxylic acids is 1. The number of morpholine rings is 1. The molecule has 1 saturated heterocycles. The average Bonchev–Trinajstić information content (AvgIpc) is 2.78. The van der Waals surface area contributed by atoms with Crippen LogP contribution in [0.5, 0.6) is 0 Å². The summed E-state index contributed by atoms with van der Waals surface area (Å²) in [6.45, 7) is 5.24. The molecule has 3 aromatic rings. The van der Waals surface area contributed by atoms with E-state index in [0.29, 0.717) is 25.7 Å². The highest BCUT2D eigenvalue weighted by Crippen LogP contribution is 2.35. The van der Waals surface area contributed by atoms with Crippen molar-refractivity contribution in [2.45, 2.75) is 6.92 Å². The van der Waals surface area contributed by atoms with E-state index in [4.69, 9.17) is 4.74 Å². The van der Waals surface area contributed by atoms with Gasteiger partial charge in [-0.15, -0.1) is 0 Å². The molecule has 8 heteroatoms. The minimum Gasteiger partial charge on any atom is -0.379 e. The summed E-state index contributed by atoms with van der Waals surface area (Å²) < 4.78 is 5.34. The first kappa shape index (κ1) is 19.9. The van der Waals surface area contributed by atoms with Crippen LogP contribution < -0.4 is 10.2 Å². The second-order valence-electron chi connectivity index (χ2n) is 7.03. The molecule has 4 rings (SSSR count). The van der Waals surface area contributed by atoms with Crippen LogP contribution in [0.15, 0.2) is 61.2 Å². The summed E-state index contributed by atoms with van der Waals surface area (Å²) in [5.41, 5.74) is 3.46. The van der Waals surface area contributed by atoms with Crippen molar-refractivity contribution in [1.29, 1.82) is 0 Å². The van der Waals surface area contributed by atoms with Gasteiger partial charge in [0.05, 0.1) is 37.3 Å². The summed E-state index contributed by atoms with van der Waals surface area (Å²) in [5.74, 6) is 0.487. The molecule has 0 spiro atoms. The van der Waals surface area contributed by atoms with Crippen molar-refractivity contribution in [3.05, 3.63) is 66.7 Å². The lowest BCUT2D eigenvalue weighted by molar-refractivity contribution is -0.118. The quantitative estimate of drug-likeness (QED) is 0.676. The molecule has 1 N–H and O–H groups in total. The highest BCUT2D eigenvalue weighted by atomic mass is 16.5. The van der Waals surface area contributed by atoms with Gasteiger partial charge in [0.25, 0.3) is 0 Å². The van der Waals surface area contributed by atoms with Crippen molar-refractivity contribution in [2.75, 3.05) is 43.1 Å². The molecule has 0 aliphatic carbocycles. The van der Waals surface area contributed by atoms with Crippen LogP contribution >= 0.6 is 0 Å². The monoisotopic (exact) mass is 404 g/mol. The minimum absolute atomic E-state index is 0.0457. The third-order valence-electron chi connectivity index (χ3n) is 4.86. The number of amides is 1. The molecule has 0 unspecified atom stereocenters. The Labute approximate surface area is 175 Å². The van der Waals surface area contributed by atoms with Crippen LogP contribution in [0.2, 0.25) is 0 Å². The maximum Gasteiger partial charge on any atom is 0.238 e. The third kappa shape index (κ3) is 4.79. The zero-order chi connectivity index (χ0) is 20.8. The summed E-state index contributed by atoms with van der Waals surface area (Å²) in [6, 6.07) is 11.4. The molecule has 0 bridgehead atoms. The Bertz CT molecular complexity index is 938. The van der Waals surface area contributed by atoms with Crippen molar-refractivity contribution >= 4 is 28.9 Å². The maximum absolute atomic E-state index is 12.5. The number of ether oxygens (including phenoxy) is 1. The number of nitrogens with one attached hydrogen (secondary N) is 1. The molecule has 1 aliphatic rings. The fourth-order valence-corrected chi connectivity index (χ4v) is 3.35. The van der Waals surface area contributed by atoms with Gasteiger partial charge in [-0.05, 0) is 42.8 Å². The third-order valence-corrected chi connectivity index (χ3v) is 4.86. The molecule has 8 nitrogen and oxygen atoms in total. The topological polar surface area (TPSA) is 83.5 Å². The summed E-state index contributed by atoms with van der Waals surface area (Å²) in [6.07, 6.45) is 6.89. The highest BCUT2D eigenvalue weighted by molar-refractivity contribution is 5.93. The summed E-state index contributed by atoms with van der Waals surface area (Å²) >= 11 is 0. The van der Waals surface area contributed by atoms with Crippen LogP contribution in [-0.2, 0) is 9.53 Å². The normalized spacial score (nSPS) is 14.3. The predicted molar refractivity (Wildman–Crippen MR) is 115 cm³/mol. The van der Waals surface area contributed by atoms with Crippen molar-refractivity contribution in [2.24, 2.45) is 0 Å². The number of hydrogen-bond acceptors (Lipinski definition) is 7. The van der Waals surface area contributed by atoms with Gasteiger partial charge in [-0.1, -0.05) is 6.07 Å². The Morgan fingerprint density at radius 3 is 2.67 bits per heavy atom. The van der Waals surface area contributed by atoms with Crippen LogP contribution in [-0.4, -0.2) is 58.6 Å². The second kappa shape index (κ2) is 9.43. The smallest absolute Gasteiger partial charge is 0.238 e. The highest BCUT2D eigenvalue weighted by Gasteiger charge is 2.19. The number of aromatic nitrogens is 3. The van der Waals surface area contributed by atoms with Crippen LogP contribution in [0.1, 0.15) is 5.56 Å². The molecule has 154 valence electrons.